The number of benzene rings is 2. The molecule has 0 bridgehead atoms. The Bertz CT molecular complexity index is 1290. The summed E-state index contributed by atoms with van der Waals surface area (Å²) in [6.07, 6.45) is 6.06. The lowest BCUT2D eigenvalue weighted by Crippen LogP contribution is -2.36. The molecular formula is C31H39N7S. The lowest BCUT2D eigenvalue weighted by molar-refractivity contribution is 0.444. The molecule has 0 spiro atoms. The van der Waals surface area contributed by atoms with Gasteiger partial charge in [-0.25, -0.2) is 0 Å². The van der Waals surface area contributed by atoms with Gasteiger partial charge in [0.05, 0.1) is 0 Å². The minimum Gasteiger partial charge on any atom is -0.372 e. The Balaban J connectivity index is 1.16. The topological polar surface area (TPSA) is 59.6 Å². The smallest absolute Gasteiger partial charge is 0.232 e. The lowest BCUT2D eigenvalue weighted by Gasteiger charge is -2.34. The SMILES string of the molecule is C[C@@H]1CCCN(c2cc(N3CCc4ccccc4C3)nc(NC(=S)NCc3ccc(N4CCCC4)cc3)n2)C1. The number of fused-ring (bicyclic) bond motifs is 1. The van der Waals surface area contributed by atoms with Crippen LogP contribution in [0.25, 0.3) is 0 Å². The molecule has 1 aromatic heterocycles. The van der Waals surface area contributed by atoms with Crippen LogP contribution >= 0.6 is 12.2 Å². The Kier molecular flexibility index (Phi) is 7.81. The van der Waals surface area contributed by atoms with Crippen LogP contribution in [0.1, 0.15) is 49.3 Å². The summed E-state index contributed by atoms with van der Waals surface area (Å²) >= 11 is 5.68. The van der Waals surface area contributed by atoms with Crippen molar-refractivity contribution in [1.29, 1.82) is 0 Å². The summed E-state index contributed by atoms with van der Waals surface area (Å²) in [5, 5.41) is 7.19. The zero-order valence-corrected chi connectivity index (χ0v) is 23.7. The third-order valence-electron chi connectivity index (χ3n) is 8.22. The van der Waals surface area contributed by atoms with Crippen LogP contribution in [0.15, 0.2) is 54.6 Å². The lowest BCUT2D eigenvalue weighted by atomic mass is 10.00. The second-order valence-corrected chi connectivity index (χ2v) is 11.6. The number of nitrogens with zero attached hydrogens (tertiary/aromatic N) is 5. The molecule has 3 aromatic rings. The number of rotatable bonds is 6. The molecular weight excluding hydrogens is 502 g/mol. The van der Waals surface area contributed by atoms with Gasteiger partial charge >= 0.3 is 0 Å². The van der Waals surface area contributed by atoms with Crippen molar-refractivity contribution in [2.75, 3.05) is 52.7 Å². The van der Waals surface area contributed by atoms with Gasteiger partial charge in [-0.1, -0.05) is 43.3 Å². The molecule has 0 aliphatic carbocycles. The largest absolute Gasteiger partial charge is 0.372 e. The highest BCUT2D eigenvalue weighted by molar-refractivity contribution is 7.80. The number of aromatic nitrogens is 2. The van der Waals surface area contributed by atoms with E-state index in [0.717, 1.165) is 57.3 Å². The van der Waals surface area contributed by atoms with E-state index in [0.29, 0.717) is 23.5 Å². The highest BCUT2D eigenvalue weighted by Crippen LogP contribution is 2.29. The van der Waals surface area contributed by atoms with E-state index < -0.39 is 0 Å². The normalized spacial score (nSPS) is 19.1. The fraction of sp³-hybridized carbons (Fsp3) is 0.452. The van der Waals surface area contributed by atoms with Gasteiger partial charge in [0.15, 0.2) is 5.11 Å². The Labute approximate surface area is 237 Å². The molecule has 2 N–H and O–H groups in total. The minimum atomic E-state index is 0.540. The van der Waals surface area contributed by atoms with Crippen molar-refractivity contribution in [2.24, 2.45) is 5.92 Å². The van der Waals surface area contributed by atoms with E-state index >= 15 is 0 Å². The van der Waals surface area contributed by atoms with Gasteiger partial charge in [0.25, 0.3) is 0 Å². The van der Waals surface area contributed by atoms with Crippen LogP contribution in [0.5, 0.6) is 0 Å². The molecule has 2 fully saturated rings. The molecule has 4 heterocycles. The number of anilines is 4. The molecule has 3 aliphatic rings. The van der Waals surface area contributed by atoms with Gasteiger partial charge in [-0.05, 0) is 79.1 Å². The first-order chi connectivity index (χ1) is 19.1. The molecule has 6 rings (SSSR count). The van der Waals surface area contributed by atoms with Crippen molar-refractivity contribution >= 4 is 40.6 Å². The predicted octanol–water partition coefficient (Wildman–Crippen LogP) is 5.36. The van der Waals surface area contributed by atoms with Gasteiger partial charge in [0, 0.05) is 57.6 Å². The van der Waals surface area contributed by atoms with Gasteiger partial charge < -0.3 is 25.3 Å². The summed E-state index contributed by atoms with van der Waals surface area (Å²) in [4.78, 5) is 17.1. The van der Waals surface area contributed by atoms with Gasteiger partial charge in [-0.2, -0.15) is 9.97 Å². The molecule has 1 atom stereocenters. The van der Waals surface area contributed by atoms with E-state index in [1.54, 1.807) is 0 Å². The van der Waals surface area contributed by atoms with Crippen LogP contribution < -0.4 is 25.3 Å². The maximum absolute atomic E-state index is 5.68. The first-order valence-electron chi connectivity index (χ1n) is 14.5. The average Bonchev–Trinajstić information content (AvgIpc) is 3.51. The van der Waals surface area contributed by atoms with E-state index in [2.05, 4.69) is 86.9 Å². The van der Waals surface area contributed by atoms with Crippen molar-refractivity contribution in [3.8, 4) is 0 Å². The highest BCUT2D eigenvalue weighted by Gasteiger charge is 2.23. The highest BCUT2D eigenvalue weighted by atomic mass is 32.1. The third kappa shape index (κ3) is 6.27. The molecule has 2 saturated heterocycles. The van der Waals surface area contributed by atoms with Crippen LogP contribution in [0, 0.1) is 5.92 Å². The average molecular weight is 542 g/mol. The van der Waals surface area contributed by atoms with Crippen molar-refractivity contribution in [1.82, 2.24) is 15.3 Å². The Morgan fingerprint density at radius 1 is 0.872 bits per heavy atom. The minimum absolute atomic E-state index is 0.540. The Hall–Kier alpha value is -3.39. The standard InChI is InChI=1S/C31H39N7S/c1-23-7-6-17-37(21-23)28-19-29(38-18-14-25-8-2-3-9-26(25)22-38)34-30(33-28)35-31(39)32-20-24-10-12-27(13-11-24)36-15-4-5-16-36/h2-3,8-13,19,23H,4-7,14-18,20-22H2,1H3,(H2,32,33,34,35,39)/t23-/m1/s1. The van der Waals surface area contributed by atoms with Crippen molar-refractivity contribution < 1.29 is 0 Å². The first kappa shape index (κ1) is 25.9. The Morgan fingerprint density at radius 2 is 1.59 bits per heavy atom. The first-order valence-corrected chi connectivity index (χ1v) is 14.9. The van der Waals surface area contributed by atoms with Gasteiger partial charge in [-0.3, -0.25) is 0 Å². The molecule has 3 aliphatic heterocycles. The molecule has 8 heteroatoms. The number of thiocarbonyl (C=S) groups is 1. The van der Waals surface area contributed by atoms with Crippen LogP contribution in [-0.4, -0.2) is 47.8 Å². The predicted molar refractivity (Wildman–Crippen MR) is 165 cm³/mol. The second kappa shape index (κ2) is 11.8. The maximum Gasteiger partial charge on any atom is 0.232 e. The molecule has 0 radical (unpaired) electrons. The summed E-state index contributed by atoms with van der Waals surface area (Å²) < 4.78 is 0. The van der Waals surface area contributed by atoms with Crippen LogP contribution in [0.4, 0.5) is 23.3 Å². The third-order valence-corrected chi connectivity index (χ3v) is 8.47. The number of nitrogens with one attached hydrogen (secondary N) is 2. The van der Waals surface area contributed by atoms with Gasteiger partial charge in [-0.15, -0.1) is 0 Å². The van der Waals surface area contributed by atoms with Crippen molar-refractivity contribution in [2.45, 2.75) is 52.1 Å². The molecule has 39 heavy (non-hydrogen) atoms. The van der Waals surface area contributed by atoms with Gasteiger partial charge in [0.2, 0.25) is 5.95 Å². The molecule has 0 saturated carbocycles. The molecule has 2 aromatic carbocycles. The van der Waals surface area contributed by atoms with Crippen molar-refractivity contribution in [3.05, 3.63) is 71.3 Å². The number of hydrogen-bond donors (Lipinski definition) is 2. The number of piperidine rings is 1. The fourth-order valence-electron chi connectivity index (χ4n) is 6.02. The van der Waals surface area contributed by atoms with E-state index in [4.69, 9.17) is 22.2 Å². The molecule has 7 nitrogen and oxygen atoms in total. The van der Waals surface area contributed by atoms with Gasteiger partial charge in [0.1, 0.15) is 11.6 Å². The Morgan fingerprint density at radius 3 is 2.36 bits per heavy atom. The quantitative estimate of drug-likeness (QED) is 0.405. The summed E-state index contributed by atoms with van der Waals surface area (Å²) in [5.41, 5.74) is 5.32. The monoisotopic (exact) mass is 541 g/mol. The van der Waals surface area contributed by atoms with Crippen molar-refractivity contribution in [3.63, 3.8) is 0 Å². The zero-order valence-electron chi connectivity index (χ0n) is 22.9. The molecule has 204 valence electrons. The van der Waals surface area contributed by atoms with E-state index in [-0.39, 0.29) is 0 Å². The second-order valence-electron chi connectivity index (χ2n) is 11.2. The fourth-order valence-corrected chi connectivity index (χ4v) is 6.18. The van der Waals surface area contributed by atoms with E-state index in [1.165, 1.54) is 48.1 Å². The van der Waals surface area contributed by atoms with E-state index in [9.17, 15) is 0 Å². The summed E-state index contributed by atoms with van der Waals surface area (Å²) in [6, 6.07) is 19.7. The zero-order chi connectivity index (χ0) is 26.6. The van der Waals surface area contributed by atoms with Crippen LogP contribution in [0.3, 0.4) is 0 Å². The van der Waals surface area contributed by atoms with Crippen LogP contribution in [0.2, 0.25) is 0 Å². The van der Waals surface area contributed by atoms with Crippen LogP contribution in [-0.2, 0) is 19.5 Å². The summed E-state index contributed by atoms with van der Waals surface area (Å²) in [7, 11) is 0. The molecule has 0 amide bonds. The summed E-state index contributed by atoms with van der Waals surface area (Å²) in [5.74, 6) is 3.15. The summed E-state index contributed by atoms with van der Waals surface area (Å²) in [6.45, 7) is 9.16. The molecule has 0 unspecified atom stereocenters. The van der Waals surface area contributed by atoms with E-state index in [1.807, 2.05) is 0 Å². The number of hydrogen-bond acceptors (Lipinski definition) is 6. The maximum atomic E-state index is 5.68.